The Morgan fingerprint density at radius 2 is 1.95 bits per heavy atom. The molecule has 22 heavy (non-hydrogen) atoms. The maximum absolute atomic E-state index is 11.5. The number of carboxylic acids is 2. The second-order valence-electron chi connectivity index (χ2n) is 4.41. The minimum Gasteiger partial charge on any atom is -0.478 e. The Morgan fingerprint density at radius 3 is 2.50 bits per heavy atom. The molecule has 0 atom stereocenters. The second kappa shape index (κ2) is 6.02. The smallest absolute Gasteiger partial charge is 0.409 e. The molecule has 1 aliphatic rings. The van der Waals surface area contributed by atoms with Crippen molar-refractivity contribution in [3.8, 4) is 0 Å². The molecule has 0 radical (unpaired) electrons. The summed E-state index contributed by atoms with van der Waals surface area (Å²) < 4.78 is 4.61. The Morgan fingerprint density at radius 1 is 1.27 bits per heavy atom. The van der Waals surface area contributed by atoms with Crippen molar-refractivity contribution in [2.75, 3.05) is 19.0 Å². The predicted molar refractivity (Wildman–Crippen MR) is 74.1 cm³/mol. The minimum absolute atomic E-state index is 0.0448. The van der Waals surface area contributed by atoms with Crippen molar-refractivity contribution in [2.45, 2.75) is 13.0 Å². The first-order valence-corrected chi connectivity index (χ1v) is 6.91. The topological polar surface area (TPSA) is 133 Å². The number of nitrogens with zero attached hydrogens (tertiary/aromatic N) is 1. The number of aromatic carboxylic acids is 1. The lowest BCUT2D eigenvalue weighted by molar-refractivity contribution is -0.147. The van der Waals surface area contributed by atoms with Gasteiger partial charge in [-0.2, -0.15) is 0 Å². The van der Waals surface area contributed by atoms with Gasteiger partial charge in [-0.05, 0) is 12.0 Å². The monoisotopic (exact) mass is 328 g/mol. The Balaban J connectivity index is 2.36. The molecule has 118 valence electrons. The van der Waals surface area contributed by atoms with E-state index >= 15 is 0 Å². The van der Waals surface area contributed by atoms with E-state index in [2.05, 4.69) is 10.1 Å². The lowest BCUT2D eigenvalue weighted by Gasteiger charge is -2.25. The fourth-order valence-electron chi connectivity index (χ4n) is 2.16. The Hall–Kier alpha value is -2.62. The molecule has 0 aliphatic carbocycles. The molecule has 9 nitrogen and oxygen atoms in total. The van der Waals surface area contributed by atoms with Crippen LogP contribution in [-0.2, 0) is 27.3 Å². The highest BCUT2D eigenvalue weighted by atomic mass is 32.1. The highest BCUT2D eigenvalue weighted by Gasteiger charge is 2.31. The number of rotatable bonds is 2. The predicted octanol–water partition coefficient (Wildman–Crippen LogP) is 0.594. The summed E-state index contributed by atoms with van der Waals surface area (Å²) in [6, 6.07) is 0. The molecule has 3 N–H and O–H groups in total. The number of anilines is 1. The fraction of sp³-hybridized carbons (Fsp3) is 0.333. The number of aliphatic carboxylic acids is 1. The molecule has 0 spiro atoms. The molecule has 0 bridgehead atoms. The minimum atomic E-state index is -1.71. The molecule has 0 saturated carbocycles. The van der Waals surface area contributed by atoms with Crippen molar-refractivity contribution in [1.29, 1.82) is 0 Å². The zero-order valence-corrected chi connectivity index (χ0v) is 12.2. The average molecular weight is 328 g/mol. The van der Waals surface area contributed by atoms with E-state index in [0.29, 0.717) is 10.4 Å². The van der Waals surface area contributed by atoms with E-state index in [4.69, 9.17) is 5.11 Å². The second-order valence-corrected chi connectivity index (χ2v) is 5.52. The van der Waals surface area contributed by atoms with Crippen LogP contribution in [0.25, 0.3) is 0 Å². The van der Waals surface area contributed by atoms with E-state index in [0.717, 1.165) is 11.3 Å². The fourth-order valence-corrected chi connectivity index (χ4v) is 3.41. The highest BCUT2D eigenvalue weighted by Crippen LogP contribution is 2.37. The molecule has 1 aliphatic heterocycles. The highest BCUT2D eigenvalue weighted by molar-refractivity contribution is 7.17. The number of amides is 2. The number of hydrogen-bond donors (Lipinski definition) is 3. The molecular weight excluding hydrogens is 316 g/mol. The van der Waals surface area contributed by atoms with Gasteiger partial charge >= 0.3 is 23.9 Å². The van der Waals surface area contributed by atoms with Crippen LogP contribution in [0.4, 0.5) is 9.80 Å². The average Bonchev–Trinajstić information content (AvgIpc) is 2.82. The van der Waals surface area contributed by atoms with Gasteiger partial charge in [-0.3, -0.25) is 4.79 Å². The van der Waals surface area contributed by atoms with Gasteiger partial charge in [-0.1, -0.05) is 0 Å². The van der Waals surface area contributed by atoms with Gasteiger partial charge in [0.2, 0.25) is 0 Å². The van der Waals surface area contributed by atoms with Crippen molar-refractivity contribution in [3.63, 3.8) is 0 Å². The van der Waals surface area contributed by atoms with Gasteiger partial charge in [-0.25, -0.2) is 14.4 Å². The number of methoxy groups -OCH3 is 1. The summed E-state index contributed by atoms with van der Waals surface area (Å²) in [5, 5.41) is 19.9. The van der Waals surface area contributed by atoms with Crippen LogP contribution in [0.5, 0.6) is 0 Å². The van der Waals surface area contributed by atoms with Crippen LogP contribution in [0.3, 0.4) is 0 Å². The van der Waals surface area contributed by atoms with Gasteiger partial charge in [0.15, 0.2) is 0 Å². The van der Waals surface area contributed by atoms with E-state index < -0.39 is 23.9 Å². The third-order valence-electron chi connectivity index (χ3n) is 3.12. The SMILES string of the molecule is COC(=O)N1CCc2c(sc(NC(=O)C(=O)O)c2C(=O)O)C1. The molecule has 2 amide bonds. The molecule has 1 aromatic rings. The van der Waals surface area contributed by atoms with E-state index in [-0.39, 0.29) is 30.1 Å². The van der Waals surface area contributed by atoms with E-state index in [9.17, 15) is 24.3 Å². The summed E-state index contributed by atoms with van der Waals surface area (Å²) in [6.45, 7) is 0.429. The first kappa shape index (κ1) is 15.8. The number of carbonyl (C=O) groups excluding carboxylic acids is 2. The number of carbonyl (C=O) groups is 4. The molecule has 0 saturated heterocycles. The summed E-state index contributed by atoms with van der Waals surface area (Å²) in [5.41, 5.74) is 0.373. The molecule has 0 aromatic carbocycles. The van der Waals surface area contributed by atoms with Crippen molar-refractivity contribution < 1.29 is 34.1 Å². The number of nitrogens with one attached hydrogen (secondary N) is 1. The van der Waals surface area contributed by atoms with Crippen LogP contribution in [0.2, 0.25) is 0 Å². The first-order chi connectivity index (χ1) is 10.3. The largest absolute Gasteiger partial charge is 0.478 e. The normalized spacial score (nSPS) is 13.2. The van der Waals surface area contributed by atoms with Crippen molar-refractivity contribution in [1.82, 2.24) is 4.90 Å². The summed E-state index contributed by atoms with van der Waals surface area (Å²) in [5.74, 6) is -4.28. The van der Waals surface area contributed by atoms with E-state index in [1.165, 1.54) is 12.0 Å². The number of thiophene rings is 1. The van der Waals surface area contributed by atoms with Crippen LogP contribution in [-0.4, -0.2) is 52.7 Å². The van der Waals surface area contributed by atoms with Crippen LogP contribution in [0, 0.1) is 0 Å². The third-order valence-corrected chi connectivity index (χ3v) is 4.26. The summed E-state index contributed by atoms with van der Waals surface area (Å²) >= 11 is 0.942. The molecular formula is C12H12N2O7S. The van der Waals surface area contributed by atoms with Gasteiger partial charge in [0.25, 0.3) is 0 Å². The van der Waals surface area contributed by atoms with Crippen LogP contribution >= 0.6 is 11.3 Å². The maximum Gasteiger partial charge on any atom is 0.409 e. The lowest BCUT2D eigenvalue weighted by Crippen LogP contribution is -2.35. The van der Waals surface area contributed by atoms with Gasteiger partial charge in [-0.15, -0.1) is 11.3 Å². The number of hydrogen-bond acceptors (Lipinski definition) is 6. The van der Waals surface area contributed by atoms with E-state index in [1.54, 1.807) is 0 Å². The number of carboxylic acid groups (broad SMARTS) is 2. The summed E-state index contributed by atoms with van der Waals surface area (Å²) in [7, 11) is 1.24. The van der Waals surface area contributed by atoms with Crippen LogP contribution in [0.1, 0.15) is 20.8 Å². The molecule has 0 fully saturated rings. The third kappa shape index (κ3) is 2.86. The van der Waals surface area contributed by atoms with Crippen molar-refractivity contribution >= 4 is 40.3 Å². The first-order valence-electron chi connectivity index (χ1n) is 6.10. The number of fused-ring (bicyclic) bond motifs is 1. The standard InChI is InChI=1S/C12H12N2O7S/c1-21-12(20)14-3-2-5-6(4-14)22-9(7(5)10(16)17)13-8(15)11(18)19/h2-4H2,1H3,(H,13,15)(H,16,17)(H,18,19). The Kier molecular flexibility index (Phi) is 4.31. The lowest BCUT2D eigenvalue weighted by atomic mass is 10.0. The maximum atomic E-state index is 11.5. The molecule has 0 unspecified atom stereocenters. The van der Waals surface area contributed by atoms with Gasteiger partial charge in [0, 0.05) is 11.4 Å². The van der Waals surface area contributed by atoms with Gasteiger partial charge < -0.3 is 25.2 Å². The zero-order valence-electron chi connectivity index (χ0n) is 11.4. The van der Waals surface area contributed by atoms with Crippen molar-refractivity contribution in [3.05, 3.63) is 16.0 Å². The summed E-state index contributed by atoms with van der Waals surface area (Å²) in [6.07, 6.45) is -0.252. The Bertz CT molecular complexity index is 667. The Labute approximate surface area is 128 Å². The van der Waals surface area contributed by atoms with Crippen LogP contribution in [0.15, 0.2) is 0 Å². The molecule has 2 rings (SSSR count). The van der Waals surface area contributed by atoms with Crippen molar-refractivity contribution in [2.24, 2.45) is 0 Å². The number of ether oxygens (including phenoxy) is 1. The van der Waals surface area contributed by atoms with E-state index in [1.807, 2.05) is 0 Å². The molecule has 2 heterocycles. The zero-order chi connectivity index (χ0) is 16.4. The molecule has 1 aromatic heterocycles. The van der Waals surface area contributed by atoms with Gasteiger partial charge in [0.1, 0.15) is 5.00 Å². The van der Waals surface area contributed by atoms with Crippen LogP contribution < -0.4 is 5.32 Å². The molecule has 10 heteroatoms. The van der Waals surface area contributed by atoms with Gasteiger partial charge in [0.05, 0.1) is 19.2 Å². The summed E-state index contributed by atoms with van der Waals surface area (Å²) in [4.78, 5) is 46.7. The quantitative estimate of drug-likeness (QED) is 0.677.